The van der Waals surface area contributed by atoms with Crippen molar-refractivity contribution < 1.29 is 31.1 Å². The zero-order valence-corrected chi connectivity index (χ0v) is 15.4. The maximum Gasteiger partial charge on any atom is 0.416 e. The highest BCUT2D eigenvalue weighted by Crippen LogP contribution is 2.36. The van der Waals surface area contributed by atoms with E-state index in [0.29, 0.717) is 17.7 Å². The summed E-state index contributed by atoms with van der Waals surface area (Å²) in [6.07, 6.45) is -10.0. The van der Waals surface area contributed by atoms with Crippen molar-refractivity contribution >= 4 is 16.8 Å². The van der Waals surface area contributed by atoms with E-state index >= 15 is 0 Å². The first-order chi connectivity index (χ1) is 13.4. The molecule has 0 aliphatic heterocycles. The second kappa shape index (κ2) is 7.13. The third kappa shape index (κ3) is 4.38. The van der Waals surface area contributed by atoms with Crippen molar-refractivity contribution in [3.63, 3.8) is 0 Å². The van der Waals surface area contributed by atoms with E-state index in [4.69, 9.17) is 0 Å². The van der Waals surface area contributed by atoms with E-state index in [-0.39, 0.29) is 12.6 Å². The zero-order chi connectivity index (χ0) is 21.6. The van der Waals surface area contributed by atoms with Gasteiger partial charge in [0, 0.05) is 35.8 Å². The molecule has 0 fully saturated rings. The van der Waals surface area contributed by atoms with Crippen LogP contribution in [0.1, 0.15) is 32.7 Å². The van der Waals surface area contributed by atoms with Crippen LogP contribution in [0.2, 0.25) is 0 Å². The van der Waals surface area contributed by atoms with Gasteiger partial charge in [-0.1, -0.05) is 6.07 Å². The van der Waals surface area contributed by atoms with Gasteiger partial charge in [-0.3, -0.25) is 4.79 Å². The topological polar surface area (TPSA) is 34.0 Å². The summed E-state index contributed by atoms with van der Waals surface area (Å²) in [7, 11) is 1.89. The Hall–Kier alpha value is -2.97. The minimum atomic E-state index is -5.01. The molecule has 2 aromatic carbocycles. The van der Waals surface area contributed by atoms with Crippen LogP contribution in [-0.2, 0) is 25.9 Å². The molecule has 29 heavy (non-hydrogen) atoms. The minimum absolute atomic E-state index is 0.0115. The standard InChI is InChI=1S/C20H16F6N2O/c1-11-5-13-6-12(3-4-17(13)28(11)2)10-27-18(29)14-7-15(19(21,22)23)9-16(8-14)20(24,25)26/h3-9H,10H2,1-2H3,(H,27,29). The molecule has 9 heteroatoms. The molecule has 0 saturated heterocycles. The quantitative estimate of drug-likeness (QED) is 0.568. The van der Waals surface area contributed by atoms with E-state index in [1.54, 1.807) is 12.1 Å². The molecule has 1 aromatic heterocycles. The molecule has 0 bridgehead atoms. The Balaban J connectivity index is 1.85. The third-order valence-electron chi connectivity index (χ3n) is 4.65. The van der Waals surface area contributed by atoms with Crippen LogP contribution in [0.4, 0.5) is 26.3 Å². The summed E-state index contributed by atoms with van der Waals surface area (Å²) in [4.78, 5) is 12.2. The fourth-order valence-electron chi connectivity index (χ4n) is 3.02. The van der Waals surface area contributed by atoms with E-state index in [1.807, 2.05) is 30.7 Å². The molecule has 154 valence electrons. The average molecular weight is 414 g/mol. The van der Waals surface area contributed by atoms with Crippen molar-refractivity contribution in [2.75, 3.05) is 0 Å². The summed E-state index contributed by atoms with van der Waals surface area (Å²) in [6, 6.07) is 8.11. The van der Waals surface area contributed by atoms with Crippen LogP contribution in [-0.4, -0.2) is 10.5 Å². The fourth-order valence-corrected chi connectivity index (χ4v) is 3.02. The largest absolute Gasteiger partial charge is 0.416 e. The number of nitrogens with one attached hydrogen (secondary N) is 1. The maximum absolute atomic E-state index is 12.9. The lowest BCUT2D eigenvalue weighted by molar-refractivity contribution is -0.143. The number of carbonyl (C=O) groups is 1. The van der Waals surface area contributed by atoms with Gasteiger partial charge in [0.05, 0.1) is 11.1 Å². The maximum atomic E-state index is 12.9. The molecule has 0 saturated carbocycles. The van der Waals surface area contributed by atoms with E-state index in [2.05, 4.69) is 5.32 Å². The first kappa shape index (κ1) is 20.8. The van der Waals surface area contributed by atoms with Gasteiger partial charge in [-0.05, 0) is 48.9 Å². The SMILES string of the molecule is Cc1cc2cc(CNC(=O)c3cc(C(F)(F)F)cc(C(F)(F)F)c3)ccc2n1C. The van der Waals surface area contributed by atoms with Crippen LogP contribution in [0.15, 0.2) is 42.5 Å². The number of aryl methyl sites for hydroxylation is 2. The second-order valence-corrected chi connectivity index (χ2v) is 6.72. The van der Waals surface area contributed by atoms with Gasteiger partial charge in [0.15, 0.2) is 0 Å². The van der Waals surface area contributed by atoms with E-state index in [1.165, 1.54) is 0 Å². The molecule has 0 atom stereocenters. The fraction of sp³-hybridized carbons (Fsp3) is 0.250. The molecule has 3 rings (SSSR count). The highest BCUT2D eigenvalue weighted by Gasteiger charge is 2.37. The molecular weight excluding hydrogens is 398 g/mol. The van der Waals surface area contributed by atoms with Crippen LogP contribution < -0.4 is 5.32 Å². The summed E-state index contributed by atoms with van der Waals surface area (Å²) in [5.74, 6) is -1.02. The lowest BCUT2D eigenvalue weighted by atomic mass is 10.0. The van der Waals surface area contributed by atoms with Gasteiger partial charge >= 0.3 is 12.4 Å². The van der Waals surface area contributed by atoms with E-state index < -0.39 is 35.0 Å². The Labute approximate surface area is 161 Å². The van der Waals surface area contributed by atoms with Crippen molar-refractivity contribution in [1.29, 1.82) is 0 Å². The smallest absolute Gasteiger partial charge is 0.348 e. The molecule has 0 unspecified atom stereocenters. The van der Waals surface area contributed by atoms with Gasteiger partial charge in [-0.2, -0.15) is 26.3 Å². The molecule has 1 heterocycles. The molecular formula is C20H16F6N2O. The Morgan fingerprint density at radius 2 is 1.52 bits per heavy atom. The summed E-state index contributed by atoms with van der Waals surface area (Å²) in [5.41, 5.74) is -1.12. The molecule has 0 radical (unpaired) electrons. The molecule has 3 nitrogen and oxygen atoms in total. The Morgan fingerprint density at radius 1 is 0.931 bits per heavy atom. The third-order valence-corrected chi connectivity index (χ3v) is 4.65. The number of rotatable bonds is 3. The molecule has 0 spiro atoms. The second-order valence-electron chi connectivity index (χ2n) is 6.72. The number of amides is 1. The van der Waals surface area contributed by atoms with Crippen molar-refractivity contribution in [2.45, 2.75) is 25.8 Å². The van der Waals surface area contributed by atoms with Gasteiger partial charge in [-0.15, -0.1) is 0 Å². The molecule has 3 aromatic rings. The number of hydrogen-bond acceptors (Lipinski definition) is 1. The van der Waals surface area contributed by atoms with Crippen molar-refractivity contribution in [1.82, 2.24) is 9.88 Å². The van der Waals surface area contributed by atoms with Crippen molar-refractivity contribution in [2.24, 2.45) is 7.05 Å². The Bertz CT molecular complexity index is 1050. The van der Waals surface area contributed by atoms with E-state index in [0.717, 1.165) is 16.6 Å². The first-order valence-corrected chi connectivity index (χ1v) is 8.49. The number of benzene rings is 2. The summed E-state index contributed by atoms with van der Waals surface area (Å²) >= 11 is 0. The highest BCUT2D eigenvalue weighted by molar-refractivity contribution is 5.94. The van der Waals surface area contributed by atoms with Gasteiger partial charge < -0.3 is 9.88 Å². The van der Waals surface area contributed by atoms with Gasteiger partial charge in [0.2, 0.25) is 0 Å². The number of halogens is 6. The summed E-state index contributed by atoms with van der Waals surface area (Å²) in [6.45, 7) is 1.88. The van der Waals surface area contributed by atoms with Gasteiger partial charge in [0.1, 0.15) is 0 Å². The Morgan fingerprint density at radius 3 is 2.07 bits per heavy atom. The molecule has 0 aliphatic carbocycles. The molecule has 1 amide bonds. The van der Waals surface area contributed by atoms with Crippen LogP contribution in [0, 0.1) is 6.92 Å². The number of carbonyl (C=O) groups excluding carboxylic acids is 1. The average Bonchev–Trinajstić information content (AvgIpc) is 2.91. The van der Waals surface area contributed by atoms with Crippen LogP contribution >= 0.6 is 0 Å². The summed E-state index contributed by atoms with van der Waals surface area (Å²) in [5, 5.41) is 3.29. The predicted molar refractivity (Wildman–Crippen MR) is 95.3 cm³/mol. The number of nitrogens with zero attached hydrogens (tertiary/aromatic N) is 1. The van der Waals surface area contributed by atoms with Gasteiger partial charge in [0.25, 0.3) is 5.91 Å². The van der Waals surface area contributed by atoms with Gasteiger partial charge in [-0.25, -0.2) is 0 Å². The first-order valence-electron chi connectivity index (χ1n) is 8.49. The van der Waals surface area contributed by atoms with Crippen LogP contribution in [0.3, 0.4) is 0 Å². The number of hydrogen-bond donors (Lipinski definition) is 1. The molecule has 0 aliphatic rings. The van der Waals surface area contributed by atoms with Crippen molar-refractivity contribution in [3.8, 4) is 0 Å². The predicted octanol–water partition coefficient (Wildman–Crippen LogP) is 5.45. The lowest BCUT2D eigenvalue weighted by Gasteiger charge is -2.14. The van der Waals surface area contributed by atoms with Crippen LogP contribution in [0.5, 0.6) is 0 Å². The number of fused-ring (bicyclic) bond motifs is 1. The summed E-state index contributed by atoms with van der Waals surface area (Å²) < 4.78 is 79.6. The minimum Gasteiger partial charge on any atom is -0.348 e. The number of aromatic nitrogens is 1. The van der Waals surface area contributed by atoms with Crippen LogP contribution in [0.25, 0.3) is 10.9 Å². The monoisotopic (exact) mass is 414 g/mol. The zero-order valence-electron chi connectivity index (χ0n) is 15.4. The Kier molecular flexibility index (Phi) is 5.10. The normalized spacial score (nSPS) is 12.4. The van der Waals surface area contributed by atoms with Crippen molar-refractivity contribution in [3.05, 3.63) is 70.4 Å². The van der Waals surface area contributed by atoms with E-state index in [9.17, 15) is 31.1 Å². The lowest BCUT2D eigenvalue weighted by Crippen LogP contribution is -2.24. The molecule has 1 N–H and O–H groups in total. The number of alkyl halides is 6. The highest BCUT2D eigenvalue weighted by atomic mass is 19.4.